The second kappa shape index (κ2) is 6.35. The minimum absolute atomic E-state index is 0.412. The van der Waals surface area contributed by atoms with Gasteiger partial charge in [0, 0.05) is 34.7 Å². The zero-order valence-corrected chi connectivity index (χ0v) is 13.2. The predicted molar refractivity (Wildman–Crippen MR) is 82.4 cm³/mol. The summed E-state index contributed by atoms with van der Waals surface area (Å²) in [5.74, 6) is 1.22. The van der Waals surface area contributed by atoms with E-state index in [0.29, 0.717) is 11.3 Å². The molecule has 1 N–H and O–H groups in total. The van der Waals surface area contributed by atoms with E-state index in [1.165, 1.54) is 11.4 Å². The second-order valence-corrected chi connectivity index (χ2v) is 7.86. The molecule has 102 valence electrons. The lowest BCUT2D eigenvalue weighted by Crippen LogP contribution is -2.38. The van der Waals surface area contributed by atoms with Crippen LogP contribution in [0.15, 0.2) is 12.3 Å². The Hall–Kier alpha value is -0.130. The van der Waals surface area contributed by atoms with E-state index in [1.54, 1.807) is 0 Å². The summed E-state index contributed by atoms with van der Waals surface area (Å²) in [6.45, 7) is 7.86. The molecule has 1 aliphatic rings. The molecule has 0 bridgehead atoms. The smallest absolute Gasteiger partial charge is 0.0620 e. The molecule has 5 heteroatoms. The molecule has 1 aromatic heterocycles. The van der Waals surface area contributed by atoms with E-state index in [0.717, 1.165) is 17.0 Å². The predicted octanol–water partition coefficient (Wildman–Crippen LogP) is 2.70. The van der Waals surface area contributed by atoms with E-state index in [1.807, 2.05) is 17.9 Å². The second-order valence-electron chi connectivity index (χ2n) is 4.83. The highest BCUT2D eigenvalue weighted by Gasteiger charge is 2.32. The summed E-state index contributed by atoms with van der Waals surface area (Å²) >= 11 is 4.23. The molecular weight excluding hydrogens is 262 g/mol. The maximum Gasteiger partial charge on any atom is 0.0620 e. The van der Waals surface area contributed by atoms with Crippen LogP contribution in [0.1, 0.15) is 32.5 Å². The molecule has 1 aliphatic heterocycles. The number of rotatable bonds is 4. The molecule has 0 radical (unpaired) electrons. The summed E-state index contributed by atoms with van der Waals surface area (Å²) in [5.41, 5.74) is 1.30. The summed E-state index contributed by atoms with van der Waals surface area (Å²) in [5, 5.41) is 10.1. The fraction of sp³-hybridized carbons (Fsp3) is 0.769. The number of aryl methyl sites for hydroxylation is 1. The van der Waals surface area contributed by atoms with Gasteiger partial charge < -0.3 is 5.32 Å². The first kappa shape index (κ1) is 14.3. The number of aromatic nitrogens is 2. The molecular formula is C13H23N3S2. The largest absolute Gasteiger partial charge is 0.308 e. The Bertz CT molecular complexity index is 380. The summed E-state index contributed by atoms with van der Waals surface area (Å²) in [6, 6.07) is 2.55. The number of nitrogens with one attached hydrogen (secondary N) is 1. The van der Waals surface area contributed by atoms with Gasteiger partial charge in [0.25, 0.3) is 0 Å². The molecule has 0 saturated carbocycles. The molecule has 0 amide bonds. The maximum absolute atomic E-state index is 4.31. The van der Waals surface area contributed by atoms with Gasteiger partial charge in [-0.2, -0.15) is 28.6 Å². The van der Waals surface area contributed by atoms with Crippen LogP contribution in [-0.4, -0.2) is 37.8 Å². The molecule has 2 heterocycles. The van der Waals surface area contributed by atoms with Crippen molar-refractivity contribution in [3.8, 4) is 0 Å². The van der Waals surface area contributed by atoms with Gasteiger partial charge in [0.2, 0.25) is 0 Å². The van der Waals surface area contributed by atoms with Gasteiger partial charge in [0.05, 0.1) is 11.7 Å². The number of nitrogens with zero attached hydrogens (tertiary/aromatic N) is 2. The average molecular weight is 285 g/mol. The SMILES string of the molecule is CCNC(c1ccnn1C)C1CSC(C)C(C)S1. The minimum Gasteiger partial charge on any atom is -0.308 e. The van der Waals surface area contributed by atoms with Crippen LogP contribution in [0.25, 0.3) is 0 Å². The lowest BCUT2D eigenvalue weighted by Gasteiger charge is -2.36. The summed E-state index contributed by atoms with van der Waals surface area (Å²) in [4.78, 5) is 0. The minimum atomic E-state index is 0.412. The van der Waals surface area contributed by atoms with Crippen molar-refractivity contribution in [3.05, 3.63) is 18.0 Å². The van der Waals surface area contributed by atoms with Gasteiger partial charge in [-0.3, -0.25) is 4.68 Å². The standard InChI is InChI=1S/C13H23N3S2/c1-5-14-13(11-6-7-15-16(11)4)12-8-17-9(2)10(3)18-12/h6-7,9-10,12-14H,5,8H2,1-4H3. The highest BCUT2D eigenvalue weighted by molar-refractivity contribution is 8.07. The van der Waals surface area contributed by atoms with Crippen molar-refractivity contribution in [2.24, 2.45) is 7.05 Å². The van der Waals surface area contributed by atoms with Crippen LogP contribution in [0.5, 0.6) is 0 Å². The van der Waals surface area contributed by atoms with E-state index >= 15 is 0 Å². The van der Waals surface area contributed by atoms with Crippen LogP contribution in [0.3, 0.4) is 0 Å². The van der Waals surface area contributed by atoms with Crippen LogP contribution >= 0.6 is 23.5 Å². The van der Waals surface area contributed by atoms with E-state index in [-0.39, 0.29) is 0 Å². The molecule has 1 aromatic rings. The van der Waals surface area contributed by atoms with Gasteiger partial charge in [0.1, 0.15) is 0 Å². The monoisotopic (exact) mass is 285 g/mol. The van der Waals surface area contributed by atoms with Crippen molar-refractivity contribution in [3.63, 3.8) is 0 Å². The molecule has 18 heavy (non-hydrogen) atoms. The van der Waals surface area contributed by atoms with Crippen molar-refractivity contribution in [1.82, 2.24) is 15.1 Å². The van der Waals surface area contributed by atoms with Crippen LogP contribution < -0.4 is 5.32 Å². The first-order valence-electron chi connectivity index (χ1n) is 6.61. The van der Waals surface area contributed by atoms with E-state index < -0.39 is 0 Å². The summed E-state index contributed by atoms with van der Waals surface area (Å²) in [7, 11) is 2.03. The third-order valence-electron chi connectivity index (χ3n) is 3.55. The van der Waals surface area contributed by atoms with E-state index in [2.05, 4.69) is 60.8 Å². The van der Waals surface area contributed by atoms with Crippen LogP contribution in [0, 0.1) is 0 Å². The van der Waals surface area contributed by atoms with Gasteiger partial charge in [-0.15, -0.1) is 0 Å². The molecule has 4 unspecified atom stereocenters. The molecule has 1 saturated heterocycles. The molecule has 3 nitrogen and oxygen atoms in total. The number of hydrogen-bond acceptors (Lipinski definition) is 4. The summed E-state index contributed by atoms with van der Waals surface area (Å²) in [6.07, 6.45) is 1.90. The van der Waals surface area contributed by atoms with Crippen LogP contribution in [-0.2, 0) is 7.05 Å². The zero-order chi connectivity index (χ0) is 13.1. The van der Waals surface area contributed by atoms with Crippen molar-refractivity contribution >= 4 is 23.5 Å². The fourth-order valence-electron chi connectivity index (χ4n) is 2.32. The van der Waals surface area contributed by atoms with Crippen molar-refractivity contribution in [1.29, 1.82) is 0 Å². The Balaban J connectivity index is 2.13. The highest BCUT2D eigenvalue weighted by atomic mass is 32.2. The Labute approximate surface area is 118 Å². The van der Waals surface area contributed by atoms with E-state index in [4.69, 9.17) is 0 Å². The Morgan fingerprint density at radius 1 is 1.50 bits per heavy atom. The van der Waals surface area contributed by atoms with Gasteiger partial charge in [-0.1, -0.05) is 20.8 Å². The van der Waals surface area contributed by atoms with Crippen molar-refractivity contribution in [2.45, 2.75) is 42.6 Å². The third kappa shape index (κ3) is 3.06. The highest BCUT2D eigenvalue weighted by Crippen LogP contribution is 2.40. The Morgan fingerprint density at radius 2 is 2.28 bits per heavy atom. The molecule has 0 aliphatic carbocycles. The first-order chi connectivity index (χ1) is 8.63. The van der Waals surface area contributed by atoms with Crippen LogP contribution in [0.4, 0.5) is 0 Å². The zero-order valence-electron chi connectivity index (χ0n) is 11.6. The molecule has 1 fully saturated rings. The van der Waals surface area contributed by atoms with Gasteiger partial charge in [0.15, 0.2) is 0 Å². The third-order valence-corrected chi connectivity index (χ3v) is 7.04. The quantitative estimate of drug-likeness (QED) is 0.921. The number of hydrogen-bond donors (Lipinski definition) is 1. The molecule has 2 rings (SSSR count). The van der Waals surface area contributed by atoms with Crippen LogP contribution in [0.2, 0.25) is 0 Å². The topological polar surface area (TPSA) is 29.9 Å². The molecule has 0 spiro atoms. The van der Waals surface area contributed by atoms with Gasteiger partial charge >= 0.3 is 0 Å². The van der Waals surface area contributed by atoms with Gasteiger partial charge in [-0.05, 0) is 12.6 Å². The normalized spacial score (nSPS) is 30.3. The Morgan fingerprint density at radius 3 is 2.83 bits per heavy atom. The molecule has 0 aromatic carbocycles. The molecule has 4 atom stereocenters. The summed E-state index contributed by atoms with van der Waals surface area (Å²) < 4.78 is 2.00. The van der Waals surface area contributed by atoms with E-state index in [9.17, 15) is 0 Å². The lowest BCUT2D eigenvalue weighted by atomic mass is 10.1. The average Bonchev–Trinajstić information content (AvgIpc) is 2.76. The fourth-order valence-corrected chi connectivity index (χ4v) is 5.42. The number of thioether (sulfide) groups is 2. The Kier molecular flexibility index (Phi) is 5.04. The lowest BCUT2D eigenvalue weighted by molar-refractivity contribution is 0.507. The first-order valence-corrected chi connectivity index (χ1v) is 8.61. The van der Waals surface area contributed by atoms with Crippen molar-refractivity contribution < 1.29 is 0 Å². The maximum atomic E-state index is 4.31. The van der Waals surface area contributed by atoms with Crippen molar-refractivity contribution in [2.75, 3.05) is 12.3 Å². The van der Waals surface area contributed by atoms with Gasteiger partial charge in [-0.25, -0.2) is 0 Å².